The maximum Gasteiger partial charge on any atom is 0.175 e. The molecule has 2 N–H and O–H groups in total. The van der Waals surface area contributed by atoms with Gasteiger partial charge in [-0.2, -0.15) is 0 Å². The van der Waals surface area contributed by atoms with Crippen molar-refractivity contribution in [1.29, 1.82) is 0 Å². The van der Waals surface area contributed by atoms with Crippen LogP contribution in [-0.4, -0.2) is 45.0 Å². The Hall–Kier alpha value is 0.180. The highest BCUT2D eigenvalue weighted by atomic mass is 32.2. The highest BCUT2D eigenvalue weighted by molar-refractivity contribution is 8.03. The van der Waals surface area contributed by atoms with Gasteiger partial charge in [-0.15, -0.1) is 10.2 Å². The van der Waals surface area contributed by atoms with Crippen LogP contribution in [0.5, 0.6) is 0 Å². The Morgan fingerprint density at radius 1 is 1.47 bits per heavy atom. The van der Waals surface area contributed by atoms with Gasteiger partial charge >= 0.3 is 0 Å². The minimum atomic E-state index is -0.180. The molecule has 0 aromatic carbocycles. The van der Waals surface area contributed by atoms with Crippen molar-refractivity contribution < 1.29 is 5.11 Å². The number of thioether (sulfide) groups is 2. The van der Waals surface area contributed by atoms with Crippen molar-refractivity contribution in [2.24, 2.45) is 0 Å². The normalized spacial score (nSPS) is 20.2. The summed E-state index contributed by atoms with van der Waals surface area (Å²) in [6, 6.07) is 0.610. The quantitative estimate of drug-likeness (QED) is 0.718. The molecule has 1 saturated carbocycles. The van der Waals surface area contributed by atoms with Crippen LogP contribution >= 0.6 is 34.9 Å². The van der Waals surface area contributed by atoms with Crippen LogP contribution in [0.15, 0.2) is 8.68 Å². The average molecular weight is 320 g/mol. The van der Waals surface area contributed by atoms with Gasteiger partial charge in [-0.05, 0) is 32.4 Å². The SMILES string of the molecule is CSc1nnc(SC(C)CC(C)(CO)NC2CC2)s1. The average Bonchev–Trinajstić information content (AvgIpc) is 3.05. The van der Waals surface area contributed by atoms with Gasteiger partial charge in [0.05, 0.1) is 6.61 Å². The van der Waals surface area contributed by atoms with E-state index in [0.717, 1.165) is 15.1 Å². The molecule has 108 valence electrons. The number of aromatic nitrogens is 2. The minimum absolute atomic E-state index is 0.180. The van der Waals surface area contributed by atoms with Gasteiger partial charge in [0.25, 0.3) is 0 Å². The van der Waals surface area contributed by atoms with Crippen LogP contribution in [0.4, 0.5) is 0 Å². The van der Waals surface area contributed by atoms with Gasteiger partial charge in [-0.1, -0.05) is 41.8 Å². The van der Waals surface area contributed by atoms with Gasteiger partial charge in [0.1, 0.15) is 0 Å². The second-order valence-corrected chi connectivity index (χ2v) is 9.02. The highest BCUT2D eigenvalue weighted by Crippen LogP contribution is 2.34. The van der Waals surface area contributed by atoms with E-state index in [-0.39, 0.29) is 12.1 Å². The molecule has 0 aliphatic heterocycles. The molecule has 0 radical (unpaired) electrons. The first-order valence-corrected chi connectivity index (χ1v) is 9.39. The summed E-state index contributed by atoms with van der Waals surface area (Å²) in [5, 5.41) is 21.9. The molecule has 2 rings (SSSR count). The Labute approximate surface area is 127 Å². The molecule has 19 heavy (non-hydrogen) atoms. The van der Waals surface area contributed by atoms with Crippen LogP contribution in [0.1, 0.15) is 33.1 Å². The summed E-state index contributed by atoms with van der Waals surface area (Å²) in [4.78, 5) is 0. The summed E-state index contributed by atoms with van der Waals surface area (Å²) in [6.45, 7) is 4.48. The molecule has 2 atom stereocenters. The molecule has 1 aliphatic rings. The predicted molar refractivity (Wildman–Crippen MR) is 83.3 cm³/mol. The van der Waals surface area contributed by atoms with Crippen molar-refractivity contribution in [3.05, 3.63) is 0 Å². The zero-order valence-corrected chi connectivity index (χ0v) is 14.0. The summed E-state index contributed by atoms with van der Waals surface area (Å²) in [6.07, 6.45) is 5.43. The van der Waals surface area contributed by atoms with E-state index in [1.165, 1.54) is 12.8 Å². The Kier molecular flexibility index (Phi) is 5.54. The number of aliphatic hydroxyl groups is 1. The number of aliphatic hydroxyl groups excluding tert-OH is 1. The molecule has 1 aliphatic carbocycles. The lowest BCUT2D eigenvalue weighted by atomic mass is 9.97. The molecule has 0 amide bonds. The van der Waals surface area contributed by atoms with Crippen LogP contribution in [0.3, 0.4) is 0 Å². The molecule has 7 heteroatoms. The van der Waals surface area contributed by atoms with Crippen LogP contribution in [0, 0.1) is 0 Å². The summed E-state index contributed by atoms with van der Waals surface area (Å²) in [5.74, 6) is 0. The number of rotatable bonds is 8. The third-order valence-electron chi connectivity index (χ3n) is 3.08. The third kappa shape index (κ3) is 4.90. The predicted octanol–water partition coefficient (Wildman–Crippen LogP) is 2.63. The first kappa shape index (κ1) is 15.6. The summed E-state index contributed by atoms with van der Waals surface area (Å²) in [7, 11) is 0. The lowest BCUT2D eigenvalue weighted by Gasteiger charge is -2.31. The van der Waals surface area contributed by atoms with Crippen molar-refractivity contribution in [2.75, 3.05) is 12.9 Å². The topological polar surface area (TPSA) is 58.0 Å². The lowest BCUT2D eigenvalue weighted by Crippen LogP contribution is -2.48. The van der Waals surface area contributed by atoms with Gasteiger partial charge in [0.2, 0.25) is 0 Å². The molecule has 0 bridgehead atoms. The van der Waals surface area contributed by atoms with Crippen LogP contribution < -0.4 is 5.32 Å². The fourth-order valence-corrected chi connectivity index (χ4v) is 5.03. The maximum atomic E-state index is 9.62. The lowest BCUT2D eigenvalue weighted by molar-refractivity contribution is 0.164. The summed E-state index contributed by atoms with van der Waals surface area (Å²) >= 11 is 5.02. The zero-order chi connectivity index (χ0) is 13.9. The molecule has 0 spiro atoms. The van der Waals surface area contributed by atoms with E-state index in [4.69, 9.17) is 0 Å². The van der Waals surface area contributed by atoms with E-state index in [2.05, 4.69) is 29.4 Å². The van der Waals surface area contributed by atoms with Gasteiger partial charge < -0.3 is 10.4 Å². The van der Waals surface area contributed by atoms with E-state index < -0.39 is 0 Å². The van der Waals surface area contributed by atoms with Crippen molar-refractivity contribution in [3.8, 4) is 0 Å². The molecule has 1 heterocycles. The van der Waals surface area contributed by atoms with Crippen LogP contribution in [0.2, 0.25) is 0 Å². The van der Waals surface area contributed by atoms with Gasteiger partial charge in [-0.3, -0.25) is 0 Å². The van der Waals surface area contributed by atoms with E-state index >= 15 is 0 Å². The van der Waals surface area contributed by atoms with Crippen molar-refractivity contribution in [3.63, 3.8) is 0 Å². The standard InChI is InChI=1S/C12H21N3OS3/c1-8(18-11-15-14-10(17-3)19-11)6-12(2,7-16)13-9-4-5-9/h8-9,13,16H,4-7H2,1-3H3. The Morgan fingerprint density at radius 2 is 2.16 bits per heavy atom. The van der Waals surface area contributed by atoms with Crippen molar-refractivity contribution >= 4 is 34.9 Å². The number of nitrogens with zero attached hydrogens (tertiary/aromatic N) is 2. The minimum Gasteiger partial charge on any atom is -0.394 e. The van der Waals surface area contributed by atoms with Gasteiger partial charge in [0, 0.05) is 16.8 Å². The third-order valence-corrected chi connectivity index (χ3v) is 6.17. The monoisotopic (exact) mass is 319 g/mol. The Balaban J connectivity index is 1.85. The Bertz CT molecular complexity index is 411. The Morgan fingerprint density at radius 3 is 2.68 bits per heavy atom. The smallest absolute Gasteiger partial charge is 0.175 e. The van der Waals surface area contributed by atoms with E-state index in [0.29, 0.717) is 11.3 Å². The molecular formula is C12H21N3OS3. The molecular weight excluding hydrogens is 298 g/mol. The molecule has 1 aromatic rings. The van der Waals surface area contributed by atoms with Crippen LogP contribution in [-0.2, 0) is 0 Å². The van der Waals surface area contributed by atoms with E-state index in [1.807, 2.05) is 6.26 Å². The first-order chi connectivity index (χ1) is 9.04. The molecule has 1 fully saturated rings. The number of hydrogen-bond acceptors (Lipinski definition) is 7. The largest absolute Gasteiger partial charge is 0.394 e. The van der Waals surface area contributed by atoms with Gasteiger partial charge in [-0.25, -0.2) is 0 Å². The first-order valence-electron chi connectivity index (χ1n) is 6.47. The number of hydrogen-bond donors (Lipinski definition) is 2. The summed E-state index contributed by atoms with van der Waals surface area (Å²) < 4.78 is 2.03. The molecule has 4 nitrogen and oxygen atoms in total. The van der Waals surface area contributed by atoms with Gasteiger partial charge in [0.15, 0.2) is 8.68 Å². The fourth-order valence-electron chi connectivity index (χ4n) is 2.07. The van der Waals surface area contributed by atoms with Crippen molar-refractivity contribution in [2.45, 2.75) is 58.6 Å². The van der Waals surface area contributed by atoms with Crippen LogP contribution in [0.25, 0.3) is 0 Å². The molecule has 2 unspecified atom stereocenters. The summed E-state index contributed by atoms with van der Waals surface area (Å²) in [5.41, 5.74) is -0.180. The highest BCUT2D eigenvalue weighted by Gasteiger charge is 2.33. The molecule has 0 saturated heterocycles. The molecule has 1 aromatic heterocycles. The van der Waals surface area contributed by atoms with E-state index in [1.54, 1.807) is 34.9 Å². The second kappa shape index (κ2) is 6.76. The second-order valence-electron chi connectivity index (χ2n) is 5.31. The number of nitrogens with one attached hydrogen (secondary N) is 1. The van der Waals surface area contributed by atoms with E-state index in [9.17, 15) is 5.11 Å². The van der Waals surface area contributed by atoms with Crippen molar-refractivity contribution in [1.82, 2.24) is 15.5 Å². The fraction of sp³-hybridized carbons (Fsp3) is 0.833. The zero-order valence-electron chi connectivity index (χ0n) is 11.5. The maximum absolute atomic E-state index is 9.62.